The average Bonchev–Trinajstić information content (AvgIpc) is 2.84. The van der Waals surface area contributed by atoms with Crippen LogP contribution in [0, 0.1) is 0 Å². The van der Waals surface area contributed by atoms with Crippen LogP contribution in [0.5, 0.6) is 5.75 Å². The summed E-state index contributed by atoms with van der Waals surface area (Å²) in [6.07, 6.45) is 0. The fraction of sp³-hybridized carbons (Fsp3) is 0.214. The van der Waals surface area contributed by atoms with Crippen LogP contribution in [-0.2, 0) is 4.74 Å². The van der Waals surface area contributed by atoms with Crippen LogP contribution in [0.2, 0.25) is 0 Å². The molecular formula is C14H14N2O2. The zero-order chi connectivity index (χ0) is 12.5. The van der Waals surface area contributed by atoms with E-state index < -0.39 is 0 Å². The highest BCUT2D eigenvalue weighted by Gasteiger charge is 2.21. The van der Waals surface area contributed by atoms with Crippen molar-refractivity contribution in [2.45, 2.75) is 6.04 Å². The summed E-state index contributed by atoms with van der Waals surface area (Å²) in [5.41, 5.74) is 6.68. The van der Waals surface area contributed by atoms with Gasteiger partial charge in [-0.05, 0) is 17.0 Å². The number of aliphatic imine (C=N–C) groups is 1. The summed E-state index contributed by atoms with van der Waals surface area (Å²) in [6.45, 7) is 0.502. The molecule has 4 nitrogen and oxygen atoms in total. The van der Waals surface area contributed by atoms with Crippen LogP contribution in [0.3, 0.4) is 0 Å². The molecule has 1 unspecified atom stereocenters. The van der Waals surface area contributed by atoms with Gasteiger partial charge in [0.05, 0.1) is 7.11 Å². The van der Waals surface area contributed by atoms with Crippen molar-refractivity contribution in [2.75, 3.05) is 13.7 Å². The second-order valence-corrected chi connectivity index (χ2v) is 4.20. The molecule has 1 atom stereocenters. The molecule has 0 aliphatic carbocycles. The molecule has 2 N–H and O–H groups in total. The van der Waals surface area contributed by atoms with Gasteiger partial charge < -0.3 is 15.2 Å². The first-order valence-corrected chi connectivity index (χ1v) is 5.81. The molecule has 4 heteroatoms. The van der Waals surface area contributed by atoms with Gasteiger partial charge in [0.15, 0.2) is 0 Å². The number of nitrogens with two attached hydrogens (primary N) is 1. The number of hydrogen-bond acceptors (Lipinski definition) is 4. The number of fused-ring (bicyclic) bond motifs is 1. The van der Waals surface area contributed by atoms with Crippen LogP contribution in [-0.4, -0.2) is 19.7 Å². The van der Waals surface area contributed by atoms with Gasteiger partial charge in [0, 0.05) is 5.39 Å². The normalized spacial score (nSPS) is 18.5. The molecule has 2 aromatic rings. The number of amidine groups is 1. The lowest BCUT2D eigenvalue weighted by Gasteiger charge is -2.12. The Morgan fingerprint density at radius 3 is 2.67 bits per heavy atom. The lowest BCUT2D eigenvalue weighted by atomic mass is 9.99. The molecule has 1 aliphatic heterocycles. The zero-order valence-corrected chi connectivity index (χ0v) is 10.1. The van der Waals surface area contributed by atoms with Crippen molar-refractivity contribution < 1.29 is 9.47 Å². The Kier molecular flexibility index (Phi) is 2.55. The minimum atomic E-state index is -0.0270. The van der Waals surface area contributed by atoms with E-state index >= 15 is 0 Å². The standard InChI is InChI=1S/C14H14N2O2/c1-17-13-7-6-10(12-8-18-14(15)16-12)9-4-2-3-5-11(9)13/h2-7,12H,8H2,1H3,(H2,15,16). The molecular weight excluding hydrogens is 228 g/mol. The predicted octanol–water partition coefficient (Wildman–Crippen LogP) is 2.23. The second-order valence-electron chi connectivity index (χ2n) is 4.20. The van der Waals surface area contributed by atoms with Gasteiger partial charge in [0.2, 0.25) is 0 Å². The van der Waals surface area contributed by atoms with Gasteiger partial charge in [0.25, 0.3) is 6.02 Å². The first-order chi connectivity index (χ1) is 8.79. The number of ether oxygens (including phenoxy) is 2. The van der Waals surface area contributed by atoms with E-state index in [0.29, 0.717) is 6.61 Å². The summed E-state index contributed by atoms with van der Waals surface area (Å²) >= 11 is 0. The molecule has 0 saturated heterocycles. The molecule has 1 aliphatic rings. The SMILES string of the molecule is COc1ccc(C2COC(N)=N2)c2ccccc12. The van der Waals surface area contributed by atoms with E-state index in [0.717, 1.165) is 22.1 Å². The van der Waals surface area contributed by atoms with Crippen LogP contribution in [0.15, 0.2) is 41.4 Å². The molecule has 0 aromatic heterocycles. The van der Waals surface area contributed by atoms with Crippen LogP contribution < -0.4 is 10.5 Å². The maximum Gasteiger partial charge on any atom is 0.282 e. The van der Waals surface area contributed by atoms with Gasteiger partial charge in [-0.3, -0.25) is 0 Å². The molecule has 0 amide bonds. The van der Waals surface area contributed by atoms with Gasteiger partial charge in [-0.1, -0.05) is 30.3 Å². The Labute approximate surface area is 105 Å². The number of rotatable bonds is 2. The summed E-state index contributed by atoms with van der Waals surface area (Å²) in [5, 5.41) is 2.21. The number of nitrogens with zero attached hydrogens (tertiary/aromatic N) is 1. The van der Waals surface area contributed by atoms with Crippen LogP contribution in [0.1, 0.15) is 11.6 Å². The largest absolute Gasteiger partial charge is 0.496 e. The van der Waals surface area contributed by atoms with E-state index in [4.69, 9.17) is 15.2 Å². The second kappa shape index (κ2) is 4.22. The van der Waals surface area contributed by atoms with Gasteiger partial charge in [0.1, 0.15) is 18.4 Å². The van der Waals surface area contributed by atoms with Crippen LogP contribution >= 0.6 is 0 Å². The minimum absolute atomic E-state index is 0.0270. The predicted molar refractivity (Wildman–Crippen MR) is 70.8 cm³/mol. The van der Waals surface area contributed by atoms with Crippen molar-refractivity contribution in [3.05, 3.63) is 42.0 Å². The third-order valence-corrected chi connectivity index (χ3v) is 3.17. The van der Waals surface area contributed by atoms with Gasteiger partial charge >= 0.3 is 0 Å². The van der Waals surface area contributed by atoms with E-state index in [-0.39, 0.29) is 12.1 Å². The molecule has 18 heavy (non-hydrogen) atoms. The summed E-state index contributed by atoms with van der Waals surface area (Å²) in [5.74, 6) is 0.866. The Balaban J connectivity index is 2.19. The molecule has 92 valence electrons. The molecule has 0 spiro atoms. The topological polar surface area (TPSA) is 56.8 Å². The van der Waals surface area contributed by atoms with E-state index in [1.54, 1.807) is 7.11 Å². The molecule has 0 fully saturated rings. The van der Waals surface area contributed by atoms with E-state index in [2.05, 4.69) is 11.1 Å². The number of methoxy groups -OCH3 is 1. The van der Waals surface area contributed by atoms with Crippen molar-refractivity contribution in [3.8, 4) is 5.75 Å². The Bertz CT molecular complexity index is 622. The summed E-state index contributed by atoms with van der Waals surface area (Å²) < 4.78 is 10.6. The molecule has 2 aromatic carbocycles. The smallest absolute Gasteiger partial charge is 0.282 e. The number of hydrogen-bond donors (Lipinski definition) is 1. The monoisotopic (exact) mass is 242 g/mol. The fourth-order valence-corrected chi connectivity index (χ4v) is 2.32. The third-order valence-electron chi connectivity index (χ3n) is 3.17. The van der Waals surface area contributed by atoms with Crippen molar-refractivity contribution in [1.29, 1.82) is 0 Å². The highest BCUT2D eigenvalue weighted by Crippen LogP contribution is 2.34. The molecule has 0 saturated carbocycles. The highest BCUT2D eigenvalue weighted by atomic mass is 16.5. The Hall–Kier alpha value is -2.23. The van der Waals surface area contributed by atoms with E-state index in [1.807, 2.05) is 30.3 Å². The summed E-state index contributed by atoms with van der Waals surface area (Å²) in [7, 11) is 1.68. The minimum Gasteiger partial charge on any atom is -0.496 e. The maximum absolute atomic E-state index is 5.57. The maximum atomic E-state index is 5.57. The highest BCUT2D eigenvalue weighted by molar-refractivity contribution is 5.91. The average molecular weight is 242 g/mol. The zero-order valence-electron chi connectivity index (χ0n) is 10.1. The van der Waals surface area contributed by atoms with Gasteiger partial charge in [-0.15, -0.1) is 0 Å². The van der Waals surface area contributed by atoms with Crippen LogP contribution in [0.25, 0.3) is 10.8 Å². The van der Waals surface area contributed by atoms with Crippen molar-refractivity contribution >= 4 is 16.8 Å². The van der Waals surface area contributed by atoms with E-state index in [1.165, 1.54) is 0 Å². The molecule has 3 rings (SSSR count). The fourth-order valence-electron chi connectivity index (χ4n) is 2.32. The third kappa shape index (κ3) is 1.66. The van der Waals surface area contributed by atoms with Gasteiger partial charge in [-0.2, -0.15) is 0 Å². The lowest BCUT2D eigenvalue weighted by Crippen LogP contribution is -2.10. The number of benzene rings is 2. The molecule has 0 bridgehead atoms. The van der Waals surface area contributed by atoms with Gasteiger partial charge in [-0.25, -0.2) is 4.99 Å². The van der Waals surface area contributed by atoms with Crippen molar-refractivity contribution in [1.82, 2.24) is 0 Å². The Morgan fingerprint density at radius 1 is 1.22 bits per heavy atom. The molecule has 1 heterocycles. The first-order valence-electron chi connectivity index (χ1n) is 5.81. The first kappa shape index (κ1) is 10.9. The van der Waals surface area contributed by atoms with E-state index in [9.17, 15) is 0 Å². The Morgan fingerprint density at radius 2 is 2.00 bits per heavy atom. The quantitative estimate of drug-likeness (QED) is 0.878. The van der Waals surface area contributed by atoms with Crippen molar-refractivity contribution in [2.24, 2.45) is 10.7 Å². The summed E-state index contributed by atoms with van der Waals surface area (Å²) in [4.78, 5) is 4.30. The lowest BCUT2D eigenvalue weighted by molar-refractivity contribution is 0.315. The summed E-state index contributed by atoms with van der Waals surface area (Å²) in [6, 6.07) is 12.3. The van der Waals surface area contributed by atoms with Crippen molar-refractivity contribution in [3.63, 3.8) is 0 Å². The molecule has 0 radical (unpaired) electrons. The van der Waals surface area contributed by atoms with Crippen LogP contribution in [0.4, 0.5) is 0 Å².